The number of H-pyrrole nitrogens is 1. The van der Waals surface area contributed by atoms with Crippen LogP contribution in [0.2, 0.25) is 0 Å². The van der Waals surface area contributed by atoms with Gasteiger partial charge in [0.25, 0.3) is 5.91 Å². The molecule has 0 radical (unpaired) electrons. The van der Waals surface area contributed by atoms with E-state index in [1.165, 1.54) is 18.5 Å². The summed E-state index contributed by atoms with van der Waals surface area (Å²) in [4.78, 5) is 52.0. The Morgan fingerprint density at radius 2 is 1.69 bits per heavy atom. The van der Waals surface area contributed by atoms with Crippen molar-refractivity contribution in [1.82, 2.24) is 25.3 Å². The van der Waals surface area contributed by atoms with Crippen molar-refractivity contribution in [2.24, 2.45) is 0 Å². The first-order valence-electron chi connectivity index (χ1n) is 13.1. The molecule has 2 amide bonds. The number of aromatic amines is 1. The number of pyridine rings is 2. The highest BCUT2D eigenvalue weighted by atomic mass is 16.5. The van der Waals surface area contributed by atoms with E-state index >= 15 is 0 Å². The van der Waals surface area contributed by atoms with Crippen LogP contribution in [0.3, 0.4) is 0 Å². The fraction of sp³-hybridized carbons (Fsp3) is 0.0968. The second-order valence-corrected chi connectivity index (χ2v) is 9.24. The maximum Gasteiger partial charge on any atom is 0.407 e. The van der Waals surface area contributed by atoms with E-state index in [4.69, 9.17) is 10.5 Å². The Balaban J connectivity index is 1.21. The Kier molecular flexibility index (Phi) is 8.58. The lowest BCUT2D eigenvalue weighted by Crippen LogP contribution is -2.26. The number of amides is 2. The molecule has 5 N–H and O–H groups in total. The molecule has 0 spiro atoms. The molecule has 3 heterocycles. The van der Waals surface area contributed by atoms with E-state index in [-0.39, 0.29) is 23.7 Å². The van der Waals surface area contributed by atoms with Crippen LogP contribution in [0.4, 0.5) is 16.3 Å². The van der Waals surface area contributed by atoms with Gasteiger partial charge in [0.15, 0.2) is 11.5 Å². The van der Waals surface area contributed by atoms with Crippen LogP contribution in [-0.4, -0.2) is 38.5 Å². The highest BCUT2D eigenvalue weighted by Crippen LogP contribution is 2.27. The highest BCUT2D eigenvalue weighted by molar-refractivity contribution is 6.07. The molecule has 0 aliphatic rings. The number of hydrogen-bond donors (Lipinski definition) is 4. The SMILES string of the molecule is Nc1ncc(-c2ccc(CCNC(=O)OCc3ccccc3)cc2)nc1C(=O)Nc1cnccc1-c1ccc(=O)[nH]c1. The lowest BCUT2D eigenvalue weighted by molar-refractivity contribution is 0.102. The zero-order valence-electron chi connectivity index (χ0n) is 22.4. The zero-order chi connectivity index (χ0) is 29.3. The molecular weight excluding hydrogens is 534 g/mol. The molecule has 0 saturated carbocycles. The maximum absolute atomic E-state index is 13.2. The quantitative estimate of drug-likeness (QED) is 0.208. The van der Waals surface area contributed by atoms with Crippen LogP contribution in [0.15, 0.2) is 102 Å². The van der Waals surface area contributed by atoms with Gasteiger partial charge >= 0.3 is 6.09 Å². The Morgan fingerprint density at radius 3 is 2.45 bits per heavy atom. The summed E-state index contributed by atoms with van der Waals surface area (Å²) in [6, 6.07) is 21.8. The van der Waals surface area contributed by atoms with Crippen molar-refractivity contribution in [2.75, 3.05) is 17.6 Å². The van der Waals surface area contributed by atoms with Gasteiger partial charge in [-0.25, -0.2) is 14.8 Å². The van der Waals surface area contributed by atoms with Crippen LogP contribution in [0.25, 0.3) is 22.4 Å². The number of benzene rings is 2. The summed E-state index contributed by atoms with van der Waals surface area (Å²) in [5, 5.41) is 5.55. The van der Waals surface area contributed by atoms with Gasteiger partial charge in [-0.3, -0.25) is 14.6 Å². The fourth-order valence-corrected chi connectivity index (χ4v) is 4.14. The second kappa shape index (κ2) is 13.0. The van der Waals surface area contributed by atoms with E-state index in [2.05, 4.69) is 30.6 Å². The van der Waals surface area contributed by atoms with Gasteiger partial charge in [0.05, 0.1) is 23.8 Å². The van der Waals surface area contributed by atoms with Gasteiger partial charge in [0.1, 0.15) is 6.61 Å². The van der Waals surface area contributed by atoms with E-state index in [0.29, 0.717) is 35.5 Å². The molecule has 11 heteroatoms. The molecule has 0 aliphatic heterocycles. The average Bonchev–Trinajstić information content (AvgIpc) is 3.02. The van der Waals surface area contributed by atoms with Gasteiger partial charge in [-0.15, -0.1) is 0 Å². The van der Waals surface area contributed by atoms with Crippen molar-refractivity contribution in [3.8, 4) is 22.4 Å². The topological polar surface area (TPSA) is 165 Å². The third-order valence-electron chi connectivity index (χ3n) is 6.33. The van der Waals surface area contributed by atoms with E-state index in [0.717, 1.165) is 16.7 Å². The number of carbonyl (C=O) groups excluding carboxylic acids is 2. The average molecular weight is 562 g/mol. The summed E-state index contributed by atoms with van der Waals surface area (Å²) in [6.07, 6.45) is 6.27. The number of alkyl carbamates (subject to hydrolysis) is 1. The standard InChI is InChI=1S/C31H27N7O4/c32-29-28(30(40)38-26-17-33-14-13-24(26)23-10-11-27(39)35-16-23)37-25(18-36-29)22-8-6-20(7-9-22)12-15-34-31(41)42-19-21-4-2-1-3-5-21/h1-11,13-14,16-18H,12,15,19H2,(H2,32,36)(H,34,41)(H,35,39)(H,38,40). The van der Waals surface area contributed by atoms with Crippen molar-refractivity contribution < 1.29 is 14.3 Å². The van der Waals surface area contributed by atoms with Gasteiger partial charge < -0.3 is 26.1 Å². The summed E-state index contributed by atoms with van der Waals surface area (Å²) < 4.78 is 5.23. The van der Waals surface area contributed by atoms with Crippen LogP contribution in [0.5, 0.6) is 0 Å². The van der Waals surface area contributed by atoms with Crippen molar-refractivity contribution >= 4 is 23.5 Å². The summed E-state index contributed by atoms with van der Waals surface area (Å²) in [6.45, 7) is 0.622. The summed E-state index contributed by atoms with van der Waals surface area (Å²) >= 11 is 0. The van der Waals surface area contributed by atoms with Crippen molar-refractivity contribution in [3.63, 3.8) is 0 Å². The molecule has 0 saturated heterocycles. The summed E-state index contributed by atoms with van der Waals surface area (Å²) in [5.74, 6) is -0.574. The van der Waals surface area contributed by atoms with Crippen molar-refractivity contribution in [3.05, 3.63) is 125 Å². The minimum Gasteiger partial charge on any atom is -0.445 e. The molecule has 2 aromatic carbocycles. The minimum absolute atomic E-state index is 0.0208. The number of ether oxygens (including phenoxy) is 1. The van der Waals surface area contributed by atoms with E-state index in [1.54, 1.807) is 24.5 Å². The predicted octanol–water partition coefficient (Wildman–Crippen LogP) is 4.20. The smallest absolute Gasteiger partial charge is 0.407 e. The number of hydrogen-bond acceptors (Lipinski definition) is 8. The molecule has 42 heavy (non-hydrogen) atoms. The third kappa shape index (κ3) is 7.02. The van der Waals surface area contributed by atoms with Gasteiger partial charge in [-0.1, -0.05) is 54.6 Å². The van der Waals surface area contributed by atoms with Gasteiger partial charge in [-0.2, -0.15) is 0 Å². The normalized spacial score (nSPS) is 10.6. The van der Waals surface area contributed by atoms with Crippen LogP contribution < -0.4 is 21.9 Å². The predicted molar refractivity (Wildman–Crippen MR) is 158 cm³/mol. The van der Waals surface area contributed by atoms with Gasteiger partial charge in [0.2, 0.25) is 5.56 Å². The first-order valence-corrected chi connectivity index (χ1v) is 13.1. The lowest BCUT2D eigenvalue weighted by atomic mass is 10.1. The molecule has 0 fully saturated rings. The van der Waals surface area contributed by atoms with E-state index in [9.17, 15) is 14.4 Å². The molecule has 11 nitrogen and oxygen atoms in total. The van der Waals surface area contributed by atoms with E-state index in [1.807, 2.05) is 54.6 Å². The lowest BCUT2D eigenvalue weighted by Gasteiger charge is -2.12. The molecule has 0 bridgehead atoms. The summed E-state index contributed by atoms with van der Waals surface area (Å²) in [5.41, 5.74) is 10.6. The summed E-state index contributed by atoms with van der Waals surface area (Å²) in [7, 11) is 0. The molecule has 3 aromatic heterocycles. The zero-order valence-corrected chi connectivity index (χ0v) is 22.4. The number of nitrogens with two attached hydrogens (primary N) is 1. The molecule has 5 aromatic rings. The number of nitrogens with one attached hydrogen (secondary N) is 3. The maximum atomic E-state index is 13.2. The number of rotatable bonds is 9. The molecule has 0 atom stereocenters. The Hall–Kier alpha value is -5.84. The minimum atomic E-state index is -0.553. The number of nitrogens with zero attached hydrogens (tertiary/aromatic N) is 3. The molecular formula is C31H27N7O4. The van der Waals surface area contributed by atoms with Crippen LogP contribution in [0, 0.1) is 0 Å². The number of carbonyl (C=O) groups is 2. The first-order chi connectivity index (χ1) is 20.5. The number of aromatic nitrogens is 4. The number of anilines is 2. The van der Waals surface area contributed by atoms with Crippen LogP contribution in [-0.2, 0) is 17.8 Å². The molecule has 5 rings (SSSR count). The largest absolute Gasteiger partial charge is 0.445 e. The van der Waals surface area contributed by atoms with Gasteiger partial charge in [-0.05, 0) is 29.7 Å². The Bertz CT molecular complexity index is 1740. The molecule has 210 valence electrons. The van der Waals surface area contributed by atoms with Gasteiger partial charge in [0, 0.05) is 41.7 Å². The van der Waals surface area contributed by atoms with E-state index < -0.39 is 12.0 Å². The highest BCUT2D eigenvalue weighted by Gasteiger charge is 2.17. The van der Waals surface area contributed by atoms with Crippen molar-refractivity contribution in [1.29, 1.82) is 0 Å². The van der Waals surface area contributed by atoms with Crippen LogP contribution >= 0.6 is 0 Å². The monoisotopic (exact) mass is 561 g/mol. The van der Waals surface area contributed by atoms with Crippen LogP contribution in [0.1, 0.15) is 21.6 Å². The van der Waals surface area contributed by atoms with Crippen molar-refractivity contribution in [2.45, 2.75) is 13.0 Å². The third-order valence-corrected chi connectivity index (χ3v) is 6.33. The first kappa shape index (κ1) is 27.7. The second-order valence-electron chi connectivity index (χ2n) is 9.24. The molecule has 0 unspecified atom stereocenters. The number of nitrogen functional groups attached to an aromatic ring is 1. The Labute approximate surface area is 240 Å². The fourth-order valence-electron chi connectivity index (χ4n) is 4.14. The molecule has 0 aliphatic carbocycles. The Morgan fingerprint density at radius 1 is 0.905 bits per heavy atom.